The van der Waals surface area contributed by atoms with Crippen LogP contribution in [0.15, 0.2) is 11.0 Å². The largest absolute Gasteiger partial charge is 0.457 e. The molecule has 0 aliphatic carbocycles. The third-order valence-corrected chi connectivity index (χ3v) is 20.7. The third kappa shape index (κ3) is 12.0. The maximum atomic E-state index is 14.7. The van der Waals surface area contributed by atoms with Crippen LogP contribution in [-0.4, -0.2) is 63.4 Å². The zero-order valence-corrected chi connectivity index (χ0v) is 34.4. The van der Waals surface area contributed by atoms with E-state index in [2.05, 4.69) is 59.4 Å². The Balaban J connectivity index is 3.52. The summed E-state index contributed by atoms with van der Waals surface area (Å²) < 4.78 is 20.1. The van der Waals surface area contributed by atoms with Crippen molar-refractivity contribution in [2.75, 3.05) is 6.61 Å². The monoisotopic (exact) mass is 707 g/mol. The zero-order valence-electron chi connectivity index (χ0n) is 31.5. The summed E-state index contributed by atoms with van der Waals surface area (Å²) in [5, 5.41) is 12.8. The summed E-state index contributed by atoms with van der Waals surface area (Å²) in [7, 11) is -4.32. The van der Waals surface area contributed by atoms with E-state index in [9.17, 15) is 14.7 Å². The SMILES string of the molecule is C#CC[C@H](OC(=O)C[C@H](O[Si](CC)(CC)CC)C(C)(C)C(=O)[C@H](C)[C@@H](O[Si](CC)(CC)CC)[C@@H](C)CCO)/C(C)=C/c1csc(C)n1. The van der Waals surface area contributed by atoms with Crippen molar-refractivity contribution in [3.63, 3.8) is 0 Å². The van der Waals surface area contributed by atoms with Crippen LogP contribution in [0.2, 0.25) is 36.3 Å². The molecule has 0 radical (unpaired) electrons. The lowest BCUT2D eigenvalue weighted by atomic mass is 9.73. The Kier molecular flexibility index (Phi) is 18.6. The Morgan fingerprint density at radius 1 is 1.02 bits per heavy atom. The van der Waals surface area contributed by atoms with Gasteiger partial charge in [-0.15, -0.1) is 23.7 Å². The molecule has 1 N–H and O–H groups in total. The second-order valence-electron chi connectivity index (χ2n) is 13.8. The molecule has 10 heteroatoms. The van der Waals surface area contributed by atoms with Crippen LogP contribution >= 0.6 is 11.3 Å². The molecular formula is C37H65NO6SSi2. The van der Waals surface area contributed by atoms with Gasteiger partial charge in [0.25, 0.3) is 0 Å². The van der Waals surface area contributed by atoms with Gasteiger partial charge < -0.3 is 18.7 Å². The number of aliphatic hydroxyl groups excluding tert-OH is 1. The van der Waals surface area contributed by atoms with Crippen LogP contribution in [0.25, 0.3) is 6.08 Å². The van der Waals surface area contributed by atoms with Gasteiger partial charge in [0.15, 0.2) is 16.6 Å². The molecule has 1 aromatic rings. The molecule has 0 unspecified atom stereocenters. The van der Waals surface area contributed by atoms with Gasteiger partial charge in [0.2, 0.25) is 0 Å². The molecule has 0 aromatic carbocycles. The molecule has 0 saturated heterocycles. The fourth-order valence-corrected chi connectivity index (χ4v) is 13.1. The number of rotatable bonds is 23. The number of hydrogen-bond acceptors (Lipinski definition) is 8. The number of nitrogens with zero attached hydrogens (tertiary/aromatic N) is 1. The van der Waals surface area contributed by atoms with Gasteiger partial charge in [0.1, 0.15) is 11.9 Å². The van der Waals surface area contributed by atoms with Crippen molar-refractivity contribution < 1.29 is 28.3 Å². The van der Waals surface area contributed by atoms with Crippen molar-refractivity contribution in [2.45, 2.75) is 157 Å². The summed E-state index contributed by atoms with van der Waals surface area (Å²) in [6.07, 6.45) is 6.73. The van der Waals surface area contributed by atoms with Crippen molar-refractivity contribution in [1.82, 2.24) is 4.98 Å². The fourth-order valence-electron chi connectivity index (χ4n) is 6.54. The van der Waals surface area contributed by atoms with Crippen LogP contribution in [0, 0.1) is 36.5 Å². The number of aryl methyl sites for hydroxylation is 1. The highest BCUT2D eigenvalue weighted by atomic mass is 32.1. The summed E-state index contributed by atoms with van der Waals surface area (Å²) in [6.45, 7) is 24.7. The number of ether oxygens (including phenoxy) is 1. The number of carbonyl (C=O) groups is 2. The highest BCUT2D eigenvalue weighted by molar-refractivity contribution is 7.09. The van der Waals surface area contributed by atoms with E-state index < -0.39 is 46.1 Å². The second kappa shape index (κ2) is 20.2. The smallest absolute Gasteiger partial charge is 0.309 e. The number of aromatic nitrogens is 1. The van der Waals surface area contributed by atoms with Crippen molar-refractivity contribution in [3.8, 4) is 12.3 Å². The van der Waals surface area contributed by atoms with Crippen molar-refractivity contribution >= 4 is 45.8 Å². The fraction of sp³-hybridized carbons (Fsp3) is 0.757. The van der Waals surface area contributed by atoms with Gasteiger partial charge in [0, 0.05) is 29.7 Å². The Morgan fingerprint density at radius 2 is 1.55 bits per heavy atom. The molecule has 7 nitrogen and oxygen atoms in total. The summed E-state index contributed by atoms with van der Waals surface area (Å²) in [4.78, 5) is 33.0. The first-order chi connectivity index (χ1) is 22.1. The molecule has 0 aliphatic heterocycles. The molecular weight excluding hydrogens is 643 g/mol. The summed E-state index contributed by atoms with van der Waals surface area (Å²) in [5.41, 5.74) is 0.620. The molecule has 0 spiro atoms. The molecule has 0 bridgehead atoms. The lowest BCUT2D eigenvalue weighted by Gasteiger charge is -2.44. The van der Waals surface area contributed by atoms with Gasteiger partial charge in [-0.25, -0.2) is 4.98 Å². The maximum Gasteiger partial charge on any atom is 0.309 e. The normalized spacial score (nSPS) is 16.2. The Hall–Kier alpha value is -1.62. The van der Waals surface area contributed by atoms with Crippen LogP contribution in [0.1, 0.15) is 106 Å². The minimum Gasteiger partial charge on any atom is -0.457 e. The summed E-state index contributed by atoms with van der Waals surface area (Å²) >= 11 is 1.56. The van der Waals surface area contributed by atoms with Crippen LogP contribution < -0.4 is 0 Å². The first-order valence-corrected chi connectivity index (χ1v) is 23.8. The Labute approximate surface area is 292 Å². The van der Waals surface area contributed by atoms with E-state index >= 15 is 0 Å². The number of aliphatic hydroxyl groups is 1. The van der Waals surface area contributed by atoms with Gasteiger partial charge in [-0.1, -0.05) is 69.2 Å². The van der Waals surface area contributed by atoms with E-state index in [1.807, 2.05) is 46.1 Å². The quantitative estimate of drug-likeness (QED) is 0.0689. The summed E-state index contributed by atoms with van der Waals surface area (Å²) in [5.74, 6) is 1.77. The molecule has 0 fully saturated rings. The van der Waals surface area contributed by atoms with E-state index in [-0.39, 0.29) is 37.3 Å². The molecule has 47 heavy (non-hydrogen) atoms. The van der Waals surface area contributed by atoms with Gasteiger partial charge in [-0.3, -0.25) is 9.59 Å². The molecule has 1 rings (SSSR count). The number of thiazole rings is 1. The first-order valence-electron chi connectivity index (χ1n) is 17.8. The molecule has 0 aliphatic rings. The Bertz CT molecular complexity index is 1170. The van der Waals surface area contributed by atoms with Gasteiger partial charge >= 0.3 is 5.97 Å². The van der Waals surface area contributed by atoms with Crippen LogP contribution in [0.4, 0.5) is 0 Å². The van der Waals surface area contributed by atoms with Gasteiger partial charge in [0.05, 0.1) is 29.3 Å². The number of ketones is 1. The number of hydrogen-bond donors (Lipinski definition) is 1. The maximum absolute atomic E-state index is 14.7. The minimum atomic E-state index is -2.25. The lowest BCUT2D eigenvalue weighted by Crippen LogP contribution is -2.53. The topological polar surface area (TPSA) is 95.0 Å². The van der Waals surface area contributed by atoms with E-state index in [0.29, 0.717) is 6.42 Å². The van der Waals surface area contributed by atoms with E-state index in [0.717, 1.165) is 52.5 Å². The summed E-state index contributed by atoms with van der Waals surface area (Å²) in [6, 6.07) is 5.56. The Morgan fingerprint density at radius 3 is 2.00 bits per heavy atom. The lowest BCUT2D eigenvalue weighted by molar-refractivity contribution is -0.153. The van der Waals surface area contributed by atoms with Crippen molar-refractivity contribution in [1.29, 1.82) is 0 Å². The number of Topliss-reactive ketones (excluding diaryl/α,β-unsaturated/α-hetero) is 1. The molecule has 268 valence electrons. The molecule has 1 aromatic heterocycles. The number of esters is 1. The van der Waals surface area contributed by atoms with E-state index in [1.54, 1.807) is 11.3 Å². The van der Waals surface area contributed by atoms with Gasteiger partial charge in [-0.2, -0.15) is 0 Å². The average molecular weight is 708 g/mol. The first kappa shape index (κ1) is 43.4. The average Bonchev–Trinajstić information content (AvgIpc) is 3.47. The molecule has 1 heterocycles. The predicted molar refractivity (Wildman–Crippen MR) is 201 cm³/mol. The van der Waals surface area contributed by atoms with Crippen LogP contribution in [0.5, 0.6) is 0 Å². The highest BCUT2D eigenvalue weighted by Crippen LogP contribution is 2.39. The van der Waals surface area contributed by atoms with Crippen molar-refractivity contribution in [2.24, 2.45) is 17.3 Å². The molecule has 0 amide bonds. The van der Waals surface area contributed by atoms with E-state index in [1.165, 1.54) is 0 Å². The van der Waals surface area contributed by atoms with Gasteiger partial charge in [-0.05, 0) is 74.1 Å². The highest BCUT2D eigenvalue weighted by Gasteiger charge is 2.48. The number of terminal acetylenes is 1. The van der Waals surface area contributed by atoms with Crippen LogP contribution in [-0.2, 0) is 23.2 Å². The predicted octanol–water partition coefficient (Wildman–Crippen LogP) is 9.21. The molecule has 0 saturated carbocycles. The zero-order chi connectivity index (χ0) is 36.0. The van der Waals surface area contributed by atoms with Crippen molar-refractivity contribution in [3.05, 3.63) is 21.7 Å². The second-order valence-corrected chi connectivity index (χ2v) is 24.3. The minimum absolute atomic E-state index is 0.00760. The number of carbonyl (C=O) groups excluding carboxylic acids is 2. The standard InChI is InChI=1S/C37H65NO6SSi2/c1-14-21-32(28(9)24-31-26-45-30(11)38-31)42-34(40)25-33(43-46(15-2,16-3)17-4)37(12,13)36(41)29(10)35(27(8)22-23-39)44-47(18-5,19-6)20-7/h1,24,26-27,29,32-33,35,39H,15-23,25H2,2-13H3/b28-24+/t27-,29+,32-,33-,35-/m0/s1. The molecule has 5 atom stereocenters. The van der Waals surface area contributed by atoms with E-state index in [4.69, 9.17) is 20.0 Å². The van der Waals surface area contributed by atoms with Crippen LogP contribution in [0.3, 0.4) is 0 Å². The third-order valence-electron chi connectivity index (χ3n) is 10.6.